The number of nitrogens with zero attached hydrogens (tertiary/aromatic N) is 2. The SMILES string of the molecule is CC(C)C[C@@H](NC(=O)[C@@H](Cc1ccccc1)NC(=O)CN(C[C@@H](C)c1ccccc1)C(=O)OC(C)(C)C)C(=O)N[C@H](CCCCNC(=O)OC(C)(C)C)C(=O)N1CCC(NCOCc2ccccc2)(C(=O)OCc2ccccc2)CC1. The standard InChI is InChI=1S/C63H87N7O11/c1-45(2)38-52(68-56(73)53(39-47-24-14-10-15-25-47)66-54(71)41-70(60(77)81-62(7,8)9)40-46(3)50-30-20-13-21-31-50)55(72)67-51(32-22-23-35-64-59(76)80-61(4,5)6)57(74)69-36-33-63(34-37-69,58(75)79-43-49-28-18-12-19-29-49)65-44-78-42-48-26-16-11-17-27-48/h10-21,24-31,45-46,51-53,65H,22-23,32-44H2,1-9H3,(H,64,76)(H,66,71)(H,67,72)(H,68,73)/t46-,51-,52-,53-/m1/s1. The molecule has 1 aliphatic rings. The number of likely N-dealkylation sites (tertiary alicyclic amines) is 1. The molecule has 0 saturated carbocycles. The largest absolute Gasteiger partial charge is 0.459 e. The smallest absolute Gasteiger partial charge is 0.410 e. The molecule has 1 saturated heterocycles. The summed E-state index contributed by atoms with van der Waals surface area (Å²) in [5, 5.41) is 14.8. The third kappa shape index (κ3) is 23.0. The molecule has 0 bridgehead atoms. The van der Waals surface area contributed by atoms with Gasteiger partial charge in [-0.05, 0) is 114 Å². The second kappa shape index (κ2) is 31.6. The molecule has 4 aromatic rings. The minimum atomic E-state index is -1.19. The van der Waals surface area contributed by atoms with Crippen molar-refractivity contribution in [3.63, 3.8) is 0 Å². The summed E-state index contributed by atoms with van der Waals surface area (Å²) in [5.41, 5.74) is 0.754. The van der Waals surface area contributed by atoms with Gasteiger partial charge in [-0.1, -0.05) is 142 Å². The first-order valence-corrected chi connectivity index (χ1v) is 28.3. The molecule has 0 radical (unpaired) electrons. The van der Waals surface area contributed by atoms with Crippen LogP contribution in [0.25, 0.3) is 0 Å². The molecule has 6 amide bonds. The van der Waals surface area contributed by atoms with Crippen LogP contribution in [0.4, 0.5) is 9.59 Å². The van der Waals surface area contributed by atoms with Gasteiger partial charge in [0.15, 0.2) is 0 Å². The lowest BCUT2D eigenvalue weighted by Crippen LogP contribution is -2.62. The molecular weight excluding hydrogens is 1030 g/mol. The summed E-state index contributed by atoms with van der Waals surface area (Å²) in [5.74, 6) is -2.99. The van der Waals surface area contributed by atoms with Gasteiger partial charge in [-0.15, -0.1) is 0 Å². The summed E-state index contributed by atoms with van der Waals surface area (Å²) in [6, 6.07) is 34.3. The molecule has 18 nitrogen and oxygen atoms in total. The number of carbonyl (C=O) groups is 7. The van der Waals surface area contributed by atoms with Gasteiger partial charge >= 0.3 is 18.2 Å². The Hall–Kier alpha value is -7.31. The van der Waals surface area contributed by atoms with Gasteiger partial charge in [0.1, 0.15) is 48.0 Å². The number of benzene rings is 4. The number of ether oxygens (including phenoxy) is 4. The van der Waals surface area contributed by atoms with E-state index in [0.29, 0.717) is 19.4 Å². The van der Waals surface area contributed by atoms with Crippen LogP contribution in [0.1, 0.15) is 129 Å². The van der Waals surface area contributed by atoms with E-state index in [1.165, 1.54) is 4.90 Å². The Labute approximate surface area is 479 Å². The first-order valence-electron chi connectivity index (χ1n) is 28.3. The van der Waals surface area contributed by atoms with Crippen molar-refractivity contribution in [1.82, 2.24) is 36.4 Å². The molecule has 4 aromatic carbocycles. The molecular formula is C63H87N7O11. The average Bonchev–Trinajstić information content (AvgIpc) is 3.43. The van der Waals surface area contributed by atoms with Gasteiger partial charge in [0.05, 0.1) is 13.3 Å². The second-order valence-corrected chi connectivity index (χ2v) is 23.3. The van der Waals surface area contributed by atoms with Crippen molar-refractivity contribution in [2.75, 3.05) is 39.5 Å². The molecule has 5 rings (SSSR count). The van der Waals surface area contributed by atoms with Gasteiger partial charge in [0.25, 0.3) is 0 Å². The van der Waals surface area contributed by atoms with E-state index in [1.54, 1.807) is 46.4 Å². The Balaban J connectivity index is 1.35. The topological polar surface area (TPSA) is 223 Å². The highest BCUT2D eigenvalue weighted by Gasteiger charge is 2.45. The average molecular weight is 1120 g/mol. The second-order valence-electron chi connectivity index (χ2n) is 23.3. The van der Waals surface area contributed by atoms with E-state index in [-0.39, 0.29) is 89.4 Å². The first kappa shape index (κ1) is 64.5. The van der Waals surface area contributed by atoms with Crippen molar-refractivity contribution in [3.05, 3.63) is 144 Å². The summed E-state index contributed by atoms with van der Waals surface area (Å²) >= 11 is 0. The predicted molar refractivity (Wildman–Crippen MR) is 310 cm³/mol. The van der Waals surface area contributed by atoms with E-state index >= 15 is 0 Å². The number of esters is 1. The summed E-state index contributed by atoms with van der Waals surface area (Å²) in [6.07, 6.45) is 0.389. The van der Waals surface area contributed by atoms with Crippen LogP contribution >= 0.6 is 0 Å². The van der Waals surface area contributed by atoms with Crippen molar-refractivity contribution >= 4 is 41.8 Å². The summed E-state index contributed by atoms with van der Waals surface area (Å²) in [6.45, 7) is 17.0. The van der Waals surface area contributed by atoms with Gasteiger partial charge in [-0.3, -0.25) is 34.2 Å². The lowest BCUT2D eigenvalue weighted by atomic mass is 9.87. The molecule has 0 unspecified atom stereocenters. The molecule has 0 spiro atoms. The molecule has 440 valence electrons. The van der Waals surface area contributed by atoms with E-state index in [0.717, 1.165) is 22.3 Å². The van der Waals surface area contributed by atoms with Crippen molar-refractivity contribution in [2.45, 2.75) is 161 Å². The van der Waals surface area contributed by atoms with Crippen LogP contribution in [0.15, 0.2) is 121 Å². The fraction of sp³-hybridized carbons (Fsp3) is 0.508. The summed E-state index contributed by atoms with van der Waals surface area (Å²) in [4.78, 5) is 101. The van der Waals surface area contributed by atoms with Gasteiger partial charge in [0, 0.05) is 32.6 Å². The maximum absolute atomic E-state index is 14.8. The lowest BCUT2D eigenvalue weighted by molar-refractivity contribution is -0.158. The highest BCUT2D eigenvalue weighted by atomic mass is 16.6. The number of nitrogens with one attached hydrogen (secondary N) is 5. The molecule has 1 fully saturated rings. The Morgan fingerprint density at radius 2 is 1.16 bits per heavy atom. The van der Waals surface area contributed by atoms with Gasteiger partial charge in [-0.2, -0.15) is 0 Å². The summed E-state index contributed by atoms with van der Waals surface area (Å²) < 4.78 is 23.0. The fourth-order valence-electron chi connectivity index (χ4n) is 9.28. The lowest BCUT2D eigenvalue weighted by Gasteiger charge is -2.41. The van der Waals surface area contributed by atoms with Crippen LogP contribution in [0.5, 0.6) is 0 Å². The quantitative estimate of drug-likeness (QED) is 0.0157. The van der Waals surface area contributed by atoms with Crippen LogP contribution in [0.3, 0.4) is 0 Å². The van der Waals surface area contributed by atoms with Crippen LogP contribution in [0.2, 0.25) is 0 Å². The van der Waals surface area contributed by atoms with Gasteiger partial charge in [0.2, 0.25) is 23.6 Å². The number of alkyl carbamates (subject to hydrolysis) is 1. The van der Waals surface area contributed by atoms with Crippen LogP contribution < -0.4 is 26.6 Å². The highest BCUT2D eigenvalue weighted by Crippen LogP contribution is 2.27. The monoisotopic (exact) mass is 1120 g/mol. The number of unbranched alkanes of at least 4 members (excludes halogenated alkanes) is 1. The van der Waals surface area contributed by atoms with Crippen molar-refractivity contribution in [3.8, 4) is 0 Å². The molecule has 81 heavy (non-hydrogen) atoms. The molecule has 18 heteroatoms. The molecule has 1 aliphatic heterocycles. The molecule has 5 N–H and O–H groups in total. The predicted octanol–water partition coefficient (Wildman–Crippen LogP) is 8.33. The van der Waals surface area contributed by atoms with Crippen molar-refractivity contribution < 1.29 is 52.5 Å². The third-order valence-electron chi connectivity index (χ3n) is 13.5. The van der Waals surface area contributed by atoms with E-state index in [1.807, 2.05) is 142 Å². The van der Waals surface area contributed by atoms with Crippen molar-refractivity contribution in [1.29, 1.82) is 0 Å². The van der Waals surface area contributed by atoms with E-state index in [2.05, 4.69) is 26.6 Å². The van der Waals surface area contributed by atoms with Crippen LogP contribution in [0, 0.1) is 5.92 Å². The Morgan fingerprint density at radius 1 is 0.630 bits per heavy atom. The Morgan fingerprint density at radius 3 is 1.73 bits per heavy atom. The summed E-state index contributed by atoms with van der Waals surface area (Å²) in [7, 11) is 0. The number of piperidine rings is 1. The number of hydrogen-bond donors (Lipinski definition) is 5. The maximum atomic E-state index is 14.8. The van der Waals surface area contributed by atoms with E-state index in [4.69, 9.17) is 18.9 Å². The zero-order chi connectivity index (χ0) is 59.0. The number of rotatable bonds is 28. The number of carbonyl (C=O) groups excluding carboxylic acids is 7. The van der Waals surface area contributed by atoms with E-state index < -0.39 is 77.3 Å². The van der Waals surface area contributed by atoms with Gasteiger partial charge < -0.3 is 45.1 Å². The number of amides is 6. The normalized spacial score (nSPS) is 14.8. The third-order valence-corrected chi connectivity index (χ3v) is 13.5. The minimum Gasteiger partial charge on any atom is -0.459 e. The highest BCUT2D eigenvalue weighted by molar-refractivity contribution is 5.95. The van der Waals surface area contributed by atoms with Crippen LogP contribution in [-0.2, 0) is 62.6 Å². The fourth-order valence-corrected chi connectivity index (χ4v) is 9.28. The molecule has 1 heterocycles. The molecule has 4 atom stereocenters. The minimum absolute atomic E-state index is 0.0384. The molecule has 0 aromatic heterocycles. The number of hydrogen-bond acceptors (Lipinski definition) is 12. The Kier molecular flexibility index (Phi) is 25.2. The van der Waals surface area contributed by atoms with Crippen molar-refractivity contribution in [2.24, 2.45) is 5.92 Å². The zero-order valence-electron chi connectivity index (χ0n) is 48.9. The van der Waals surface area contributed by atoms with Crippen LogP contribution in [-0.4, -0.2) is 126 Å². The van der Waals surface area contributed by atoms with Gasteiger partial charge in [-0.25, -0.2) is 9.59 Å². The first-order chi connectivity index (χ1) is 38.5. The maximum Gasteiger partial charge on any atom is 0.410 e. The van der Waals surface area contributed by atoms with E-state index in [9.17, 15) is 33.6 Å². The zero-order valence-corrected chi connectivity index (χ0v) is 48.9. The Bertz CT molecular complexity index is 2600. The molecule has 0 aliphatic carbocycles.